The van der Waals surface area contributed by atoms with Crippen LogP contribution in [0.5, 0.6) is 0 Å². The molecule has 0 radical (unpaired) electrons. The standard InChI is InChI=1S/C21H18FN3O2S/c22-17-4-1-3-16(11-17)18-13-28-21(23-18)24-20(27)15-8-6-14(7-9-15)12-25-10-2-5-19(25)26/h1,3-4,6-9,11,13H,2,5,10,12H2,(H,23,24,27). The van der Waals surface area contributed by atoms with E-state index in [1.54, 1.807) is 29.6 Å². The van der Waals surface area contributed by atoms with Crippen LogP contribution in [0.25, 0.3) is 11.3 Å². The number of likely N-dealkylation sites (tertiary alicyclic amines) is 1. The van der Waals surface area contributed by atoms with Gasteiger partial charge in [0.2, 0.25) is 5.91 Å². The summed E-state index contributed by atoms with van der Waals surface area (Å²) in [6.45, 7) is 1.36. The van der Waals surface area contributed by atoms with Crippen molar-refractivity contribution < 1.29 is 14.0 Å². The Morgan fingerprint density at radius 3 is 2.75 bits per heavy atom. The topological polar surface area (TPSA) is 62.3 Å². The summed E-state index contributed by atoms with van der Waals surface area (Å²) in [5.41, 5.74) is 2.79. The van der Waals surface area contributed by atoms with Crippen molar-refractivity contribution in [2.75, 3.05) is 11.9 Å². The number of thiazole rings is 1. The van der Waals surface area contributed by atoms with E-state index in [-0.39, 0.29) is 17.6 Å². The molecule has 5 nitrogen and oxygen atoms in total. The van der Waals surface area contributed by atoms with Crippen LogP contribution in [0.15, 0.2) is 53.9 Å². The highest BCUT2D eigenvalue weighted by Crippen LogP contribution is 2.25. The van der Waals surface area contributed by atoms with Gasteiger partial charge in [-0.05, 0) is 36.2 Å². The first-order valence-corrected chi connectivity index (χ1v) is 9.86. The molecule has 1 fully saturated rings. The Bertz CT molecular complexity index is 1020. The second kappa shape index (κ2) is 7.90. The number of anilines is 1. The van der Waals surface area contributed by atoms with E-state index < -0.39 is 0 Å². The molecule has 2 amide bonds. The van der Waals surface area contributed by atoms with E-state index in [0.717, 1.165) is 18.5 Å². The lowest BCUT2D eigenvalue weighted by atomic mass is 10.1. The molecule has 0 atom stereocenters. The first-order valence-electron chi connectivity index (χ1n) is 8.98. The number of nitrogens with one attached hydrogen (secondary N) is 1. The summed E-state index contributed by atoms with van der Waals surface area (Å²) in [5.74, 6) is -0.407. The van der Waals surface area contributed by atoms with E-state index in [4.69, 9.17) is 0 Å². The lowest BCUT2D eigenvalue weighted by molar-refractivity contribution is -0.128. The maximum absolute atomic E-state index is 13.4. The number of benzene rings is 2. The molecule has 1 aromatic heterocycles. The number of carbonyl (C=O) groups is 2. The molecule has 0 unspecified atom stereocenters. The predicted octanol–water partition coefficient (Wildman–Crippen LogP) is 4.32. The van der Waals surface area contributed by atoms with Gasteiger partial charge in [0.15, 0.2) is 5.13 Å². The van der Waals surface area contributed by atoms with Crippen molar-refractivity contribution in [2.24, 2.45) is 0 Å². The molecule has 0 bridgehead atoms. The molecule has 1 aliphatic heterocycles. The van der Waals surface area contributed by atoms with Gasteiger partial charge in [-0.1, -0.05) is 24.3 Å². The summed E-state index contributed by atoms with van der Waals surface area (Å²) in [6, 6.07) is 13.4. The highest BCUT2D eigenvalue weighted by Gasteiger charge is 2.20. The predicted molar refractivity (Wildman–Crippen MR) is 107 cm³/mol. The SMILES string of the molecule is O=C(Nc1nc(-c2cccc(F)c2)cs1)c1ccc(CN2CCCC2=O)cc1. The molecule has 0 spiro atoms. The fraction of sp³-hybridized carbons (Fsp3) is 0.190. The molecule has 1 N–H and O–H groups in total. The Balaban J connectivity index is 1.40. The van der Waals surface area contributed by atoms with E-state index >= 15 is 0 Å². The highest BCUT2D eigenvalue weighted by molar-refractivity contribution is 7.14. The molecule has 4 rings (SSSR count). The summed E-state index contributed by atoms with van der Waals surface area (Å²) in [5, 5.41) is 5.01. The van der Waals surface area contributed by atoms with Crippen LogP contribution in [-0.4, -0.2) is 28.2 Å². The van der Waals surface area contributed by atoms with Crippen molar-refractivity contribution in [2.45, 2.75) is 19.4 Å². The van der Waals surface area contributed by atoms with E-state index in [1.807, 2.05) is 17.0 Å². The summed E-state index contributed by atoms with van der Waals surface area (Å²) < 4.78 is 13.4. The Labute approximate surface area is 165 Å². The lowest BCUT2D eigenvalue weighted by Gasteiger charge is -2.15. The first-order chi connectivity index (χ1) is 13.6. The van der Waals surface area contributed by atoms with Gasteiger partial charge in [-0.3, -0.25) is 14.9 Å². The monoisotopic (exact) mass is 395 g/mol. The lowest BCUT2D eigenvalue weighted by Crippen LogP contribution is -2.23. The molecule has 1 aliphatic rings. The third kappa shape index (κ3) is 4.09. The van der Waals surface area contributed by atoms with Gasteiger partial charge in [-0.15, -0.1) is 11.3 Å². The molecular weight excluding hydrogens is 377 g/mol. The Morgan fingerprint density at radius 1 is 1.21 bits per heavy atom. The zero-order chi connectivity index (χ0) is 19.5. The third-order valence-electron chi connectivity index (χ3n) is 4.61. The minimum Gasteiger partial charge on any atom is -0.338 e. The van der Waals surface area contributed by atoms with Crippen LogP contribution >= 0.6 is 11.3 Å². The molecule has 2 aromatic carbocycles. The van der Waals surface area contributed by atoms with Gasteiger partial charge in [-0.2, -0.15) is 0 Å². The van der Waals surface area contributed by atoms with Crippen LogP contribution in [0, 0.1) is 5.82 Å². The number of hydrogen-bond acceptors (Lipinski definition) is 4. The molecular formula is C21H18FN3O2S. The number of carbonyl (C=O) groups excluding carboxylic acids is 2. The zero-order valence-corrected chi connectivity index (χ0v) is 15.8. The molecule has 0 aliphatic carbocycles. The van der Waals surface area contributed by atoms with Crippen LogP contribution in [0.2, 0.25) is 0 Å². The first kappa shape index (κ1) is 18.3. The number of hydrogen-bond donors (Lipinski definition) is 1. The summed E-state index contributed by atoms with van der Waals surface area (Å²) in [6.07, 6.45) is 1.52. The van der Waals surface area contributed by atoms with Crippen LogP contribution < -0.4 is 5.32 Å². The van der Waals surface area contributed by atoms with Crippen molar-refractivity contribution in [3.05, 3.63) is 70.9 Å². The van der Waals surface area contributed by atoms with Crippen LogP contribution in [0.1, 0.15) is 28.8 Å². The fourth-order valence-electron chi connectivity index (χ4n) is 3.13. The van der Waals surface area contributed by atoms with Crippen molar-refractivity contribution >= 4 is 28.3 Å². The normalized spacial score (nSPS) is 13.8. The molecule has 0 saturated carbocycles. The van der Waals surface area contributed by atoms with Crippen molar-refractivity contribution in [3.8, 4) is 11.3 Å². The second-order valence-corrected chi connectivity index (χ2v) is 7.48. The number of halogens is 1. The summed E-state index contributed by atoms with van der Waals surface area (Å²) in [7, 11) is 0. The quantitative estimate of drug-likeness (QED) is 0.700. The van der Waals surface area contributed by atoms with E-state index in [2.05, 4.69) is 10.3 Å². The minimum absolute atomic E-state index is 0.180. The zero-order valence-electron chi connectivity index (χ0n) is 15.0. The molecule has 7 heteroatoms. The Morgan fingerprint density at radius 2 is 2.04 bits per heavy atom. The van der Waals surface area contributed by atoms with Crippen molar-refractivity contribution in [1.82, 2.24) is 9.88 Å². The maximum atomic E-state index is 13.4. The number of amides is 2. The molecule has 2 heterocycles. The maximum Gasteiger partial charge on any atom is 0.257 e. The minimum atomic E-state index is -0.327. The summed E-state index contributed by atoms with van der Waals surface area (Å²) >= 11 is 1.29. The fourth-order valence-corrected chi connectivity index (χ4v) is 3.85. The van der Waals surface area contributed by atoms with Gasteiger partial charge in [0, 0.05) is 36.0 Å². The molecule has 3 aromatic rings. The van der Waals surface area contributed by atoms with Crippen LogP contribution in [0.4, 0.5) is 9.52 Å². The van der Waals surface area contributed by atoms with E-state index in [9.17, 15) is 14.0 Å². The van der Waals surface area contributed by atoms with Gasteiger partial charge >= 0.3 is 0 Å². The van der Waals surface area contributed by atoms with Gasteiger partial charge in [0.1, 0.15) is 5.82 Å². The molecule has 142 valence electrons. The molecule has 28 heavy (non-hydrogen) atoms. The third-order valence-corrected chi connectivity index (χ3v) is 5.36. The van der Waals surface area contributed by atoms with E-state index in [1.165, 1.54) is 23.5 Å². The van der Waals surface area contributed by atoms with Crippen molar-refractivity contribution in [3.63, 3.8) is 0 Å². The number of aromatic nitrogens is 1. The smallest absolute Gasteiger partial charge is 0.257 e. The summed E-state index contributed by atoms with van der Waals surface area (Å²) in [4.78, 5) is 30.4. The largest absolute Gasteiger partial charge is 0.338 e. The van der Waals surface area contributed by atoms with Crippen LogP contribution in [-0.2, 0) is 11.3 Å². The van der Waals surface area contributed by atoms with Gasteiger partial charge in [-0.25, -0.2) is 9.37 Å². The van der Waals surface area contributed by atoms with Gasteiger partial charge in [0.05, 0.1) is 5.69 Å². The van der Waals surface area contributed by atoms with E-state index in [0.29, 0.717) is 34.9 Å². The Kier molecular flexibility index (Phi) is 5.16. The van der Waals surface area contributed by atoms with Crippen LogP contribution in [0.3, 0.4) is 0 Å². The highest BCUT2D eigenvalue weighted by atomic mass is 32.1. The van der Waals surface area contributed by atoms with Crippen molar-refractivity contribution in [1.29, 1.82) is 0 Å². The number of nitrogens with zero attached hydrogens (tertiary/aromatic N) is 2. The van der Waals surface area contributed by atoms with Gasteiger partial charge in [0.25, 0.3) is 5.91 Å². The van der Waals surface area contributed by atoms with Gasteiger partial charge < -0.3 is 4.90 Å². The average Bonchev–Trinajstić information content (AvgIpc) is 3.32. The Hall–Kier alpha value is -3.06. The average molecular weight is 395 g/mol. The number of rotatable bonds is 5. The second-order valence-electron chi connectivity index (χ2n) is 6.62. The molecule has 1 saturated heterocycles.